The van der Waals surface area contributed by atoms with E-state index in [0.717, 1.165) is 11.1 Å². The van der Waals surface area contributed by atoms with Crippen LogP contribution in [-0.4, -0.2) is 24.0 Å². The zero-order valence-corrected chi connectivity index (χ0v) is 14.5. The molecule has 1 amide bonds. The van der Waals surface area contributed by atoms with Gasteiger partial charge < -0.3 is 14.8 Å². The largest absolute Gasteiger partial charge is 0.495 e. The first-order valence-electron chi connectivity index (χ1n) is 7.69. The van der Waals surface area contributed by atoms with E-state index in [1.54, 1.807) is 25.1 Å². The molecule has 0 heterocycles. The Labute approximate surface area is 145 Å². The molecule has 0 aliphatic rings. The maximum Gasteiger partial charge on any atom is 0.311 e. The molecule has 0 unspecified atom stereocenters. The number of amides is 1. The number of nitrogens with zero attached hydrogens (tertiary/aromatic N) is 1. The molecule has 0 radical (unpaired) electrons. The van der Waals surface area contributed by atoms with Crippen LogP contribution in [0.4, 0.5) is 11.4 Å². The fourth-order valence-electron chi connectivity index (χ4n) is 2.27. The maximum absolute atomic E-state index is 12.4. The zero-order valence-electron chi connectivity index (χ0n) is 14.5. The molecule has 0 aromatic heterocycles. The highest BCUT2D eigenvalue weighted by atomic mass is 16.6. The van der Waals surface area contributed by atoms with Crippen molar-refractivity contribution in [1.82, 2.24) is 0 Å². The van der Waals surface area contributed by atoms with E-state index in [1.165, 1.54) is 26.2 Å². The Morgan fingerprint density at radius 3 is 2.32 bits per heavy atom. The number of carbonyl (C=O) groups excluding carboxylic acids is 1. The van der Waals surface area contributed by atoms with Crippen LogP contribution in [0.25, 0.3) is 0 Å². The lowest BCUT2D eigenvalue weighted by Crippen LogP contribution is -2.30. The van der Waals surface area contributed by atoms with E-state index in [2.05, 4.69) is 5.32 Å². The molecule has 0 fully saturated rings. The Bertz CT molecular complexity index is 804. The molecule has 132 valence electrons. The molecule has 0 saturated heterocycles. The van der Waals surface area contributed by atoms with E-state index in [4.69, 9.17) is 9.47 Å². The van der Waals surface area contributed by atoms with E-state index in [1.807, 2.05) is 13.0 Å². The summed E-state index contributed by atoms with van der Waals surface area (Å²) < 4.78 is 10.7. The molecule has 1 atom stereocenters. The van der Waals surface area contributed by atoms with Crippen LogP contribution < -0.4 is 14.8 Å². The average Bonchev–Trinajstić information content (AvgIpc) is 2.56. The average molecular weight is 344 g/mol. The Balaban J connectivity index is 2.17. The highest BCUT2D eigenvalue weighted by Crippen LogP contribution is 2.29. The van der Waals surface area contributed by atoms with Crippen molar-refractivity contribution in [2.45, 2.75) is 26.9 Å². The van der Waals surface area contributed by atoms with Gasteiger partial charge >= 0.3 is 5.69 Å². The fraction of sp³-hybridized carbons (Fsp3) is 0.278. The van der Waals surface area contributed by atoms with Crippen molar-refractivity contribution in [3.8, 4) is 11.5 Å². The van der Waals surface area contributed by atoms with E-state index >= 15 is 0 Å². The van der Waals surface area contributed by atoms with Crippen molar-refractivity contribution in [2.75, 3.05) is 12.4 Å². The fourth-order valence-corrected chi connectivity index (χ4v) is 2.27. The summed E-state index contributed by atoms with van der Waals surface area (Å²) in [6.07, 6.45) is -0.924. The van der Waals surface area contributed by atoms with Crippen molar-refractivity contribution in [3.63, 3.8) is 0 Å². The van der Waals surface area contributed by atoms with Crippen molar-refractivity contribution >= 4 is 17.3 Å². The highest BCUT2D eigenvalue weighted by Gasteiger charge is 2.22. The molecule has 25 heavy (non-hydrogen) atoms. The van der Waals surface area contributed by atoms with Crippen LogP contribution in [0.3, 0.4) is 0 Å². The van der Waals surface area contributed by atoms with E-state index < -0.39 is 16.9 Å². The number of hydrogen-bond acceptors (Lipinski definition) is 5. The molecular weight excluding hydrogens is 324 g/mol. The summed E-state index contributed by atoms with van der Waals surface area (Å²) in [7, 11) is 1.51. The number of rotatable bonds is 6. The molecule has 2 aromatic rings. The van der Waals surface area contributed by atoms with Crippen molar-refractivity contribution in [1.29, 1.82) is 0 Å². The van der Waals surface area contributed by atoms with Gasteiger partial charge in [-0.05, 0) is 50.1 Å². The third-order valence-electron chi connectivity index (χ3n) is 3.60. The number of anilines is 1. The SMILES string of the molecule is COc1ccc(C)cc1NC(=O)[C@H](C)Oc1ccc(C)cc1[N+](=O)[O-]. The van der Waals surface area contributed by atoms with Gasteiger partial charge in [0.2, 0.25) is 0 Å². The number of hydrogen-bond donors (Lipinski definition) is 1. The minimum absolute atomic E-state index is 0.0504. The third kappa shape index (κ3) is 4.47. The van der Waals surface area contributed by atoms with Crippen LogP contribution >= 0.6 is 0 Å². The molecule has 7 nitrogen and oxygen atoms in total. The number of nitro benzene ring substituents is 1. The predicted molar refractivity (Wildman–Crippen MR) is 94.3 cm³/mol. The molecule has 1 N–H and O–H groups in total. The summed E-state index contributed by atoms with van der Waals surface area (Å²) >= 11 is 0. The molecular formula is C18H20N2O5. The topological polar surface area (TPSA) is 90.7 Å². The van der Waals surface area contributed by atoms with Crippen molar-refractivity contribution < 1.29 is 19.2 Å². The smallest absolute Gasteiger partial charge is 0.311 e. The Hall–Kier alpha value is -3.09. The number of nitro groups is 1. The van der Waals surface area contributed by atoms with E-state index in [9.17, 15) is 14.9 Å². The molecule has 0 spiro atoms. The Morgan fingerprint density at radius 1 is 1.12 bits per heavy atom. The number of aryl methyl sites for hydroxylation is 2. The number of carbonyl (C=O) groups is 1. The maximum atomic E-state index is 12.4. The van der Waals surface area contributed by atoms with Crippen molar-refractivity contribution in [3.05, 3.63) is 57.6 Å². The van der Waals surface area contributed by atoms with Gasteiger partial charge in [0.25, 0.3) is 5.91 Å². The van der Waals surface area contributed by atoms with Gasteiger partial charge in [0.05, 0.1) is 17.7 Å². The number of nitrogens with one attached hydrogen (secondary N) is 1. The normalized spacial score (nSPS) is 11.5. The number of methoxy groups -OCH3 is 1. The van der Waals surface area contributed by atoms with Crippen molar-refractivity contribution in [2.24, 2.45) is 0 Å². The molecule has 2 aromatic carbocycles. The second kappa shape index (κ2) is 7.65. The van der Waals surface area contributed by atoms with Crippen LogP contribution in [0.1, 0.15) is 18.1 Å². The Morgan fingerprint density at radius 2 is 1.72 bits per heavy atom. The van der Waals surface area contributed by atoms with Gasteiger partial charge in [0.1, 0.15) is 5.75 Å². The summed E-state index contributed by atoms with van der Waals surface area (Å²) in [5, 5.41) is 13.9. The number of benzene rings is 2. The summed E-state index contributed by atoms with van der Waals surface area (Å²) in [6, 6.07) is 9.98. The lowest BCUT2D eigenvalue weighted by atomic mass is 10.2. The van der Waals surface area contributed by atoms with Gasteiger partial charge in [-0.2, -0.15) is 0 Å². The quantitative estimate of drug-likeness (QED) is 0.638. The minimum Gasteiger partial charge on any atom is -0.495 e. The van der Waals surface area contributed by atoms with Gasteiger partial charge in [-0.15, -0.1) is 0 Å². The molecule has 2 rings (SSSR count). The van der Waals surface area contributed by atoms with Crippen LogP contribution in [-0.2, 0) is 4.79 Å². The van der Waals surface area contributed by atoms with Crippen LogP contribution in [0, 0.1) is 24.0 Å². The summed E-state index contributed by atoms with van der Waals surface area (Å²) in [4.78, 5) is 23.0. The van der Waals surface area contributed by atoms with Gasteiger partial charge in [-0.1, -0.05) is 12.1 Å². The Kier molecular flexibility index (Phi) is 5.59. The van der Waals surface area contributed by atoms with E-state index in [0.29, 0.717) is 11.4 Å². The molecule has 0 saturated carbocycles. The third-order valence-corrected chi connectivity index (χ3v) is 3.60. The van der Waals surface area contributed by atoms with Crippen LogP contribution in [0.15, 0.2) is 36.4 Å². The van der Waals surface area contributed by atoms with Gasteiger partial charge in [0, 0.05) is 6.07 Å². The monoisotopic (exact) mass is 344 g/mol. The first-order valence-corrected chi connectivity index (χ1v) is 7.69. The van der Waals surface area contributed by atoms with Gasteiger partial charge in [-0.3, -0.25) is 14.9 Å². The second-order valence-electron chi connectivity index (χ2n) is 5.68. The zero-order chi connectivity index (χ0) is 18.6. The van der Waals surface area contributed by atoms with Crippen LogP contribution in [0.5, 0.6) is 11.5 Å². The molecule has 7 heteroatoms. The summed E-state index contributed by atoms with van der Waals surface area (Å²) in [6.45, 7) is 5.17. The highest BCUT2D eigenvalue weighted by molar-refractivity contribution is 5.95. The lowest BCUT2D eigenvalue weighted by Gasteiger charge is -2.16. The molecule has 0 bridgehead atoms. The molecule has 0 aliphatic carbocycles. The van der Waals surface area contributed by atoms with E-state index in [-0.39, 0.29) is 11.4 Å². The first kappa shape index (κ1) is 18.3. The van der Waals surface area contributed by atoms with Gasteiger partial charge in [0.15, 0.2) is 11.9 Å². The van der Waals surface area contributed by atoms with Crippen LogP contribution in [0.2, 0.25) is 0 Å². The minimum atomic E-state index is -0.924. The standard InChI is InChI=1S/C18H20N2O5/c1-11-5-7-16(24-4)14(9-11)19-18(21)13(3)25-17-8-6-12(2)10-15(17)20(22)23/h5-10,13H,1-4H3,(H,19,21)/t13-/m0/s1. The first-order chi connectivity index (χ1) is 11.8. The lowest BCUT2D eigenvalue weighted by molar-refractivity contribution is -0.386. The number of ether oxygens (including phenoxy) is 2. The van der Waals surface area contributed by atoms with Gasteiger partial charge in [-0.25, -0.2) is 0 Å². The molecule has 0 aliphatic heterocycles. The predicted octanol–water partition coefficient (Wildman–Crippen LogP) is 3.63. The second-order valence-corrected chi connectivity index (χ2v) is 5.68. The summed E-state index contributed by atoms with van der Waals surface area (Å²) in [5.74, 6) is 0.140. The summed E-state index contributed by atoms with van der Waals surface area (Å²) in [5.41, 5.74) is 2.04.